The zero-order chi connectivity index (χ0) is 19.0. The third-order valence-electron chi connectivity index (χ3n) is 4.19. The van der Waals surface area contributed by atoms with E-state index < -0.39 is 23.6 Å². The quantitative estimate of drug-likeness (QED) is 0.820. The van der Waals surface area contributed by atoms with E-state index in [-0.39, 0.29) is 29.7 Å². The molecule has 1 aliphatic rings. The number of halogens is 3. The fraction of sp³-hybridized carbons (Fsp3) is 0.312. The van der Waals surface area contributed by atoms with Crippen LogP contribution in [0.3, 0.4) is 0 Å². The van der Waals surface area contributed by atoms with E-state index in [0.717, 1.165) is 6.07 Å². The average Bonchev–Trinajstić information content (AvgIpc) is 3.16. The molecular formula is C16H16ClF2N5O2. The Morgan fingerprint density at radius 2 is 2.12 bits per heavy atom. The van der Waals surface area contributed by atoms with Crippen molar-refractivity contribution < 1.29 is 18.4 Å². The minimum atomic E-state index is -1.16. The number of likely N-dealkylation sites (N-methyl/N-ethyl adjacent to an activating group) is 1. The summed E-state index contributed by atoms with van der Waals surface area (Å²) in [5.74, 6) is -2.20. The number of amides is 3. The molecule has 3 amide bonds. The maximum atomic E-state index is 13.5. The number of urea groups is 1. The maximum absolute atomic E-state index is 13.5. The van der Waals surface area contributed by atoms with Gasteiger partial charge in [0.25, 0.3) is 0 Å². The zero-order valence-corrected chi connectivity index (χ0v) is 14.8. The van der Waals surface area contributed by atoms with Crippen LogP contribution in [0.25, 0.3) is 0 Å². The van der Waals surface area contributed by atoms with Crippen LogP contribution < -0.4 is 10.2 Å². The van der Waals surface area contributed by atoms with Crippen LogP contribution in [-0.2, 0) is 18.4 Å². The third-order valence-corrected chi connectivity index (χ3v) is 4.60. The second-order valence-corrected chi connectivity index (χ2v) is 6.35. The fourth-order valence-corrected chi connectivity index (χ4v) is 2.91. The van der Waals surface area contributed by atoms with Crippen LogP contribution in [0.2, 0.25) is 5.02 Å². The van der Waals surface area contributed by atoms with E-state index in [2.05, 4.69) is 10.3 Å². The van der Waals surface area contributed by atoms with Crippen LogP contribution in [0, 0.1) is 11.6 Å². The van der Waals surface area contributed by atoms with Gasteiger partial charge in [0.05, 0.1) is 17.9 Å². The lowest BCUT2D eigenvalue weighted by Crippen LogP contribution is -2.43. The molecule has 10 heteroatoms. The molecule has 0 unspecified atom stereocenters. The highest BCUT2D eigenvalue weighted by atomic mass is 35.5. The number of nitrogens with one attached hydrogen (secondary N) is 1. The minimum Gasteiger partial charge on any atom is -0.350 e. The number of nitrogens with zero attached hydrogens (tertiary/aromatic N) is 4. The van der Waals surface area contributed by atoms with Crippen molar-refractivity contribution in [3.8, 4) is 0 Å². The molecule has 1 aromatic heterocycles. The van der Waals surface area contributed by atoms with Gasteiger partial charge in [-0.1, -0.05) is 17.7 Å². The van der Waals surface area contributed by atoms with Crippen molar-refractivity contribution in [1.29, 1.82) is 0 Å². The molecule has 1 aliphatic heterocycles. The van der Waals surface area contributed by atoms with Crippen molar-refractivity contribution in [3.05, 3.63) is 46.9 Å². The number of rotatable bonds is 4. The van der Waals surface area contributed by atoms with Gasteiger partial charge in [0.1, 0.15) is 6.04 Å². The highest BCUT2D eigenvalue weighted by molar-refractivity contribution is 6.31. The molecule has 138 valence electrons. The van der Waals surface area contributed by atoms with Gasteiger partial charge < -0.3 is 14.8 Å². The highest BCUT2D eigenvalue weighted by Crippen LogP contribution is 2.23. The summed E-state index contributed by atoms with van der Waals surface area (Å²) in [6.07, 6.45) is 3.23. The topological polar surface area (TPSA) is 70.5 Å². The first-order valence-corrected chi connectivity index (χ1v) is 8.09. The number of hydrogen-bond acceptors (Lipinski definition) is 3. The molecule has 1 N–H and O–H groups in total. The van der Waals surface area contributed by atoms with Crippen LogP contribution >= 0.6 is 11.6 Å². The van der Waals surface area contributed by atoms with Crippen molar-refractivity contribution in [1.82, 2.24) is 19.8 Å². The van der Waals surface area contributed by atoms with Crippen LogP contribution in [0.15, 0.2) is 24.7 Å². The van der Waals surface area contributed by atoms with Gasteiger partial charge in [0.2, 0.25) is 5.91 Å². The summed E-state index contributed by atoms with van der Waals surface area (Å²) in [6.45, 7) is 0.0423. The molecule has 26 heavy (non-hydrogen) atoms. The summed E-state index contributed by atoms with van der Waals surface area (Å²) in [5, 5.41) is 2.22. The lowest BCUT2D eigenvalue weighted by Gasteiger charge is -2.17. The maximum Gasteiger partial charge on any atom is 0.326 e. The molecule has 7 nitrogen and oxygen atoms in total. The van der Waals surface area contributed by atoms with Crippen LogP contribution in [0.1, 0.15) is 5.56 Å². The Morgan fingerprint density at radius 3 is 2.77 bits per heavy atom. The Labute approximate surface area is 153 Å². The second-order valence-electron chi connectivity index (χ2n) is 5.97. The average molecular weight is 384 g/mol. The number of benzene rings is 1. The van der Waals surface area contributed by atoms with Crippen LogP contribution in [0.4, 0.5) is 19.4 Å². The first kappa shape index (κ1) is 18.1. The van der Waals surface area contributed by atoms with Crippen molar-refractivity contribution in [2.45, 2.75) is 12.6 Å². The molecule has 1 aromatic carbocycles. The van der Waals surface area contributed by atoms with Crippen molar-refractivity contribution in [2.75, 3.05) is 18.5 Å². The van der Waals surface area contributed by atoms with Crippen molar-refractivity contribution in [2.24, 2.45) is 7.05 Å². The molecular weight excluding hydrogens is 368 g/mol. The Kier molecular flexibility index (Phi) is 4.82. The van der Waals surface area contributed by atoms with Gasteiger partial charge in [0.15, 0.2) is 17.5 Å². The second kappa shape index (κ2) is 6.91. The van der Waals surface area contributed by atoms with Gasteiger partial charge in [0, 0.05) is 26.8 Å². The number of anilines is 1. The number of aryl methyl sites for hydroxylation is 1. The van der Waals surface area contributed by atoms with Crippen LogP contribution in [0.5, 0.6) is 0 Å². The van der Waals surface area contributed by atoms with Gasteiger partial charge in [-0.2, -0.15) is 0 Å². The largest absolute Gasteiger partial charge is 0.350 e. The molecule has 1 atom stereocenters. The number of aromatic nitrogens is 2. The van der Waals surface area contributed by atoms with Gasteiger partial charge in [-0.05, 0) is 11.6 Å². The summed E-state index contributed by atoms with van der Waals surface area (Å²) in [7, 11) is 3.29. The van der Waals surface area contributed by atoms with E-state index in [9.17, 15) is 18.4 Å². The molecule has 2 heterocycles. The van der Waals surface area contributed by atoms with E-state index >= 15 is 0 Å². The van der Waals surface area contributed by atoms with Crippen molar-refractivity contribution >= 4 is 29.4 Å². The highest BCUT2D eigenvalue weighted by Gasteiger charge is 2.40. The number of imidazole rings is 1. The molecule has 1 fully saturated rings. The van der Waals surface area contributed by atoms with E-state index in [1.807, 2.05) is 0 Å². The monoisotopic (exact) mass is 383 g/mol. The Bertz CT molecular complexity index is 872. The number of carbonyl (C=O) groups is 2. The lowest BCUT2D eigenvalue weighted by atomic mass is 10.2. The Balaban J connectivity index is 1.68. The predicted molar refractivity (Wildman–Crippen MR) is 90.7 cm³/mol. The molecule has 0 aliphatic carbocycles. The third kappa shape index (κ3) is 3.22. The Morgan fingerprint density at radius 1 is 1.38 bits per heavy atom. The molecule has 0 bridgehead atoms. The van der Waals surface area contributed by atoms with Gasteiger partial charge in [-0.25, -0.2) is 18.6 Å². The molecule has 0 spiro atoms. The van der Waals surface area contributed by atoms with Gasteiger partial charge in [-0.15, -0.1) is 0 Å². The van der Waals surface area contributed by atoms with E-state index in [0.29, 0.717) is 5.82 Å². The summed E-state index contributed by atoms with van der Waals surface area (Å²) in [6, 6.07) is 1.14. The van der Waals surface area contributed by atoms with Crippen LogP contribution in [-0.4, -0.2) is 46.0 Å². The molecule has 2 aromatic rings. The Hall–Kier alpha value is -2.68. The standard InChI is InChI=1S/C16H16ClF2N5O2/c1-22-7-12(21-8-22)24-6-11(23(2)16(24)26)15(25)20-5-9-3-4-10(18)14(19)13(9)17/h3-4,7-8,11H,5-6H2,1-2H3,(H,20,25)/t11-/m0/s1. The van der Waals surface area contributed by atoms with E-state index in [1.54, 1.807) is 24.1 Å². The summed E-state index contributed by atoms with van der Waals surface area (Å²) in [4.78, 5) is 31.6. The first-order chi connectivity index (χ1) is 12.3. The smallest absolute Gasteiger partial charge is 0.326 e. The van der Waals surface area contributed by atoms with E-state index in [1.165, 1.54) is 22.9 Å². The summed E-state index contributed by atoms with van der Waals surface area (Å²) < 4.78 is 28.3. The van der Waals surface area contributed by atoms with Gasteiger partial charge in [-0.3, -0.25) is 9.69 Å². The fourth-order valence-electron chi connectivity index (χ4n) is 2.69. The molecule has 1 saturated heterocycles. The van der Waals surface area contributed by atoms with Crippen molar-refractivity contribution in [3.63, 3.8) is 0 Å². The first-order valence-electron chi connectivity index (χ1n) is 7.72. The molecule has 0 radical (unpaired) electrons. The summed E-state index contributed by atoms with van der Waals surface area (Å²) >= 11 is 5.75. The number of hydrogen-bond donors (Lipinski definition) is 1. The van der Waals surface area contributed by atoms with Gasteiger partial charge >= 0.3 is 6.03 Å². The normalized spacial score (nSPS) is 17.1. The molecule has 0 saturated carbocycles. The number of carbonyl (C=O) groups excluding carboxylic acids is 2. The minimum absolute atomic E-state index is 0.0863. The zero-order valence-electron chi connectivity index (χ0n) is 14.0. The molecule has 3 rings (SSSR count). The SMILES string of the molecule is CN1C(=O)N(c2cn(C)cn2)C[C@H]1C(=O)NCc1ccc(F)c(F)c1Cl. The lowest BCUT2D eigenvalue weighted by molar-refractivity contribution is -0.124. The predicted octanol–water partition coefficient (Wildman–Crippen LogP) is 1.91. The van der Waals surface area contributed by atoms with E-state index in [4.69, 9.17) is 11.6 Å². The summed E-state index contributed by atoms with van der Waals surface area (Å²) in [5.41, 5.74) is 0.243.